The molecule has 20 heavy (non-hydrogen) atoms. The normalized spacial score (nSPS) is 20.1. The van der Waals surface area contributed by atoms with Gasteiger partial charge in [-0.2, -0.15) is 16.3 Å². The molecule has 0 aliphatic carbocycles. The van der Waals surface area contributed by atoms with E-state index in [2.05, 4.69) is 15.5 Å². The van der Waals surface area contributed by atoms with Crippen LogP contribution in [-0.4, -0.2) is 46.6 Å². The molecular weight excluding hydrogens is 278 g/mol. The van der Waals surface area contributed by atoms with Crippen molar-refractivity contribution in [3.63, 3.8) is 0 Å². The van der Waals surface area contributed by atoms with E-state index < -0.39 is 0 Å². The van der Waals surface area contributed by atoms with Crippen LogP contribution in [0, 0.1) is 0 Å². The van der Waals surface area contributed by atoms with Gasteiger partial charge in [0.15, 0.2) is 5.82 Å². The minimum Gasteiger partial charge on any atom is -0.368 e. The fraction of sp³-hybridized carbons (Fsp3) is 0.417. The van der Waals surface area contributed by atoms with Gasteiger partial charge in [-0.1, -0.05) is 5.16 Å². The van der Waals surface area contributed by atoms with Crippen LogP contribution in [0.5, 0.6) is 0 Å². The lowest BCUT2D eigenvalue weighted by Gasteiger charge is -2.32. The fourth-order valence-corrected chi connectivity index (χ4v) is 2.85. The number of carbonyl (C=O) groups excluding carboxylic acids is 1. The van der Waals surface area contributed by atoms with Crippen LogP contribution in [0.25, 0.3) is 11.5 Å². The third kappa shape index (κ3) is 2.72. The number of amides is 1. The standard InChI is InChI=1S/C12H15N5O2S/c13-11(18)9-5-14-2-3-17(9)6-10-15-12(19-16-10)8-1-4-20-7-8/h1,4,7,9,14H,2-3,5-6H2,(H2,13,18). The van der Waals surface area contributed by atoms with Crippen LogP contribution in [-0.2, 0) is 11.3 Å². The van der Waals surface area contributed by atoms with Gasteiger partial charge < -0.3 is 15.6 Å². The first-order valence-electron chi connectivity index (χ1n) is 6.33. The first-order chi connectivity index (χ1) is 9.74. The summed E-state index contributed by atoms with van der Waals surface area (Å²) in [6.45, 7) is 2.57. The maximum absolute atomic E-state index is 11.4. The molecule has 2 aromatic rings. The van der Waals surface area contributed by atoms with Crippen molar-refractivity contribution in [2.45, 2.75) is 12.6 Å². The van der Waals surface area contributed by atoms with Crippen molar-refractivity contribution < 1.29 is 9.32 Å². The van der Waals surface area contributed by atoms with E-state index in [0.717, 1.165) is 18.7 Å². The smallest absolute Gasteiger partial charge is 0.258 e. The molecule has 0 bridgehead atoms. The highest BCUT2D eigenvalue weighted by Crippen LogP contribution is 2.20. The van der Waals surface area contributed by atoms with E-state index in [1.54, 1.807) is 11.3 Å². The SMILES string of the molecule is NC(=O)C1CNCCN1Cc1noc(-c2ccsc2)n1. The summed E-state index contributed by atoms with van der Waals surface area (Å²) in [4.78, 5) is 17.8. The van der Waals surface area contributed by atoms with Crippen LogP contribution in [0.4, 0.5) is 0 Å². The topological polar surface area (TPSA) is 97.3 Å². The third-order valence-electron chi connectivity index (χ3n) is 3.26. The average molecular weight is 293 g/mol. The zero-order chi connectivity index (χ0) is 13.9. The number of piperazine rings is 1. The molecule has 7 nitrogen and oxygen atoms in total. The zero-order valence-corrected chi connectivity index (χ0v) is 11.6. The quantitative estimate of drug-likeness (QED) is 0.827. The molecule has 0 aromatic carbocycles. The highest BCUT2D eigenvalue weighted by Gasteiger charge is 2.28. The van der Waals surface area contributed by atoms with Crippen LogP contribution in [0.2, 0.25) is 0 Å². The lowest BCUT2D eigenvalue weighted by Crippen LogP contribution is -2.56. The number of primary amides is 1. The summed E-state index contributed by atoms with van der Waals surface area (Å²) in [7, 11) is 0. The van der Waals surface area contributed by atoms with E-state index in [1.807, 2.05) is 21.7 Å². The second kappa shape index (κ2) is 5.70. The van der Waals surface area contributed by atoms with E-state index >= 15 is 0 Å². The molecule has 1 aliphatic rings. The molecule has 0 saturated carbocycles. The Balaban J connectivity index is 1.72. The predicted octanol–water partition coefficient (Wildman–Crippen LogP) is 0.0572. The highest BCUT2D eigenvalue weighted by atomic mass is 32.1. The summed E-state index contributed by atoms with van der Waals surface area (Å²) in [6.07, 6.45) is 0. The monoisotopic (exact) mass is 293 g/mol. The van der Waals surface area contributed by atoms with Crippen LogP contribution >= 0.6 is 11.3 Å². The second-order valence-electron chi connectivity index (χ2n) is 4.62. The van der Waals surface area contributed by atoms with Crippen LogP contribution in [0.15, 0.2) is 21.3 Å². The van der Waals surface area contributed by atoms with E-state index in [-0.39, 0.29) is 11.9 Å². The Labute approximate surface area is 119 Å². The Kier molecular flexibility index (Phi) is 3.77. The van der Waals surface area contributed by atoms with E-state index in [0.29, 0.717) is 24.8 Å². The Bertz CT molecular complexity index is 582. The van der Waals surface area contributed by atoms with Gasteiger partial charge >= 0.3 is 0 Å². The molecule has 1 fully saturated rings. The van der Waals surface area contributed by atoms with E-state index in [9.17, 15) is 4.79 Å². The summed E-state index contributed by atoms with van der Waals surface area (Å²) in [5.74, 6) is 0.741. The van der Waals surface area contributed by atoms with Gasteiger partial charge in [0.2, 0.25) is 5.91 Å². The number of nitrogens with zero attached hydrogens (tertiary/aromatic N) is 3. The molecule has 8 heteroatoms. The zero-order valence-electron chi connectivity index (χ0n) is 10.8. The molecule has 0 radical (unpaired) electrons. The van der Waals surface area contributed by atoms with E-state index in [1.165, 1.54) is 0 Å². The van der Waals surface area contributed by atoms with Crippen molar-refractivity contribution in [3.05, 3.63) is 22.7 Å². The Morgan fingerprint density at radius 3 is 3.30 bits per heavy atom. The molecule has 106 valence electrons. The number of hydrogen-bond donors (Lipinski definition) is 2. The van der Waals surface area contributed by atoms with Gasteiger partial charge in [0, 0.05) is 25.0 Å². The number of nitrogens with one attached hydrogen (secondary N) is 1. The molecule has 3 heterocycles. The number of carbonyl (C=O) groups is 1. The first kappa shape index (κ1) is 13.2. The van der Waals surface area contributed by atoms with Gasteiger partial charge in [0.05, 0.1) is 12.1 Å². The number of aromatic nitrogens is 2. The van der Waals surface area contributed by atoms with Crippen molar-refractivity contribution in [3.8, 4) is 11.5 Å². The summed E-state index contributed by atoms with van der Waals surface area (Å²) >= 11 is 1.58. The second-order valence-corrected chi connectivity index (χ2v) is 5.40. The van der Waals surface area contributed by atoms with Gasteiger partial charge in [-0.15, -0.1) is 0 Å². The number of rotatable bonds is 4. The molecule has 1 amide bonds. The molecule has 2 aromatic heterocycles. The Hall–Kier alpha value is -1.77. The molecule has 1 saturated heterocycles. The highest BCUT2D eigenvalue weighted by molar-refractivity contribution is 7.08. The summed E-state index contributed by atoms with van der Waals surface area (Å²) in [5, 5.41) is 11.0. The largest absolute Gasteiger partial charge is 0.368 e. The molecule has 1 aliphatic heterocycles. The lowest BCUT2D eigenvalue weighted by molar-refractivity contribution is -0.124. The minimum atomic E-state index is -0.334. The van der Waals surface area contributed by atoms with Crippen molar-refractivity contribution in [2.24, 2.45) is 5.73 Å². The van der Waals surface area contributed by atoms with Gasteiger partial charge in [-0.25, -0.2) is 0 Å². The van der Waals surface area contributed by atoms with Gasteiger partial charge in [0.25, 0.3) is 5.89 Å². The molecular formula is C12H15N5O2S. The Morgan fingerprint density at radius 1 is 1.65 bits per heavy atom. The molecule has 0 spiro atoms. The molecule has 1 atom stereocenters. The van der Waals surface area contributed by atoms with Crippen molar-refractivity contribution in [1.82, 2.24) is 20.4 Å². The van der Waals surface area contributed by atoms with Crippen LogP contribution < -0.4 is 11.1 Å². The fourth-order valence-electron chi connectivity index (χ4n) is 2.22. The van der Waals surface area contributed by atoms with Gasteiger partial charge in [-0.3, -0.25) is 9.69 Å². The number of hydrogen-bond acceptors (Lipinski definition) is 7. The van der Waals surface area contributed by atoms with Crippen molar-refractivity contribution in [2.75, 3.05) is 19.6 Å². The van der Waals surface area contributed by atoms with E-state index in [4.69, 9.17) is 10.3 Å². The first-order valence-corrected chi connectivity index (χ1v) is 7.27. The predicted molar refractivity (Wildman–Crippen MR) is 73.9 cm³/mol. The molecule has 1 unspecified atom stereocenters. The van der Waals surface area contributed by atoms with Gasteiger partial charge in [-0.05, 0) is 11.4 Å². The van der Waals surface area contributed by atoms with Crippen LogP contribution in [0.3, 0.4) is 0 Å². The summed E-state index contributed by atoms with van der Waals surface area (Å²) < 4.78 is 5.23. The minimum absolute atomic E-state index is 0.327. The van der Waals surface area contributed by atoms with Crippen LogP contribution in [0.1, 0.15) is 5.82 Å². The molecule has 3 N–H and O–H groups in total. The average Bonchev–Trinajstić information content (AvgIpc) is 3.09. The summed E-state index contributed by atoms with van der Waals surface area (Å²) in [5.41, 5.74) is 6.33. The Morgan fingerprint density at radius 2 is 2.55 bits per heavy atom. The summed E-state index contributed by atoms with van der Waals surface area (Å²) in [6, 6.07) is 1.60. The van der Waals surface area contributed by atoms with Crippen molar-refractivity contribution in [1.29, 1.82) is 0 Å². The number of nitrogens with two attached hydrogens (primary N) is 1. The maximum atomic E-state index is 11.4. The van der Waals surface area contributed by atoms with Crippen molar-refractivity contribution >= 4 is 17.2 Å². The molecule has 3 rings (SSSR count). The number of thiophene rings is 1. The maximum Gasteiger partial charge on any atom is 0.258 e. The third-order valence-corrected chi connectivity index (χ3v) is 3.95. The van der Waals surface area contributed by atoms with Gasteiger partial charge in [0.1, 0.15) is 6.04 Å². The lowest BCUT2D eigenvalue weighted by atomic mass is 10.2.